The molecule has 0 saturated heterocycles. The topological polar surface area (TPSA) is 53.7 Å². The number of benzene rings is 2. The molecule has 0 aliphatic rings. The minimum Gasteiger partial charge on any atom is -0.493 e. The number of anilines is 1. The maximum Gasteiger partial charge on any atom is 0.203 e. The summed E-state index contributed by atoms with van der Waals surface area (Å²) < 4.78 is 17.3. The number of para-hydroxylation sites is 1. The summed E-state index contributed by atoms with van der Waals surface area (Å²) in [7, 11) is 3.19. The van der Waals surface area contributed by atoms with E-state index in [2.05, 4.69) is 15.9 Å². The van der Waals surface area contributed by atoms with Crippen LogP contribution in [0.1, 0.15) is 5.56 Å². The molecular weight excluding hydrogens is 322 g/mol. The van der Waals surface area contributed by atoms with Gasteiger partial charge < -0.3 is 19.9 Å². The van der Waals surface area contributed by atoms with Crippen LogP contribution in [0, 0.1) is 0 Å². The minimum absolute atomic E-state index is 0.343. The molecule has 0 aliphatic heterocycles. The second kappa shape index (κ2) is 6.52. The second-order valence-corrected chi connectivity index (χ2v) is 5.04. The first-order valence-corrected chi connectivity index (χ1v) is 6.82. The fourth-order valence-corrected chi connectivity index (χ4v) is 2.19. The van der Waals surface area contributed by atoms with E-state index >= 15 is 0 Å². The van der Waals surface area contributed by atoms with Gasteiger partial charge in [-0.15, -0.1) is 0 Å². The number of hydrogen-bond donors (Lipinski definition) is 1. The third-order valence-electron chi connectivity index (χ3n) is 2.86. The Balaban J connectivity index is 2.22. The Morgan fingerprint density at radius 2 is 1.70 bits per heavy atom. The Bertz CT molecular complexity index is 579. The Kier molecular flexibility index (Phi) is 4.74. The second-order valence-electron chi connectivity index (χ2n) is 4.12. The normalized spacial score (nSPS) is 10.2. The molecule has 2 rings (SSSR count). The van der Waals surface area contributed by atoms with E-state index in [9.17, 15) is 0 Å². The first-order valence-electron chi connectivity index (χ1n) is 6.03. The lowest BCUT2D eigenvalue weighted by Crippen LogP contribution is -2.02. The number of nitrogens with two attached hydrogens (primary N) is 1. The summed E-state index contributed by atoms with van der Waals surface area (Å²) in [4.78, 5) is 0. The molecule has 4 nitrogen and oxygen atoms in total. The summed E-state index contributed by atoms with van der Waals surface area (Å²) in [6.07, 6.45) is 0. The zero-order valence-electron chi connectivity index (χ0n) is 11.4. The van der Waals surface area contributed by atoms with Crippen molar-refractivity contribution in [2.75, 3.05) is 20.0 Å². The molecule has 0 unspecified atom stereocenters. The molecule has 106 valence electrons. The van der Waals surface area contributed by atoms with Gasteiger partial charge in [-0.3, -0.25) is 0 Å². The van der Waals surface area contributed by atoms with Gasteiger partial charge in [0.1, 0.15) is 6.61 Å². The maximum atomic E-state index is 5.95. The maximum absolute atomic E-state index is 5.95. The van der Waals surface area contributed by atoms with E-state index in [0.29, 0.717) is 29.5 Å². The third-order valence-corrected chi connectivity index (χ3v) is 3.36. The molecule has 0 saturated carbocycles. The zero-order chi connectivity index (χ0) is 14.5. The molecule has 5 heteroatoms. The molecule has 2 aromatic rings. The highest BCUT2D eigenvalue weighted by Gasteiger charge is 2.12. The van der Waals surface area contributed by atoms with Gasteiger partial charge in [-0.1, -0.05) is 28.1 Å². The van der Waals surface area contributed by atoms with Gasteiger partial charge in [-0.25, -0.2) is 0 Å². The number of rotatable bonds is 5. The van der Waals surface area contributed by atoms with E-state index in [1.54, 1.807) is 14.2 Å². The zero-order valence-corrected chi connectivity index (χ0v) is 12.9. The van der Waals surface area contributed by atoms with Gasteiger partial charge in [0.15, 0.2) is 11.5 Å². The lowest BCUT2D eigenvalue weighted by molar-refractivity contribution is 0.266. The first-order chi connectivity index (χ1) is 9.65. The van der Waals surface area contributed by atoms with Crippen LogP contribution in [0.5, 0.6) is 17.2 Å². The Labute approximate surface area is 126 Å². The quantitative estimate of drug-likeness (QED) is 0.846. The lowest BCUT2D eigenvalue weighted by atomic mass is 10.2. The largest absolute Gasteiger partial charge is 0.493 e. The van der Waals surface area contributed by atoms with E-state index < -0.39 is 0 Å². The highest BCUT2D eigenvalue weighted by atomic mass is 79.9. The lowest BCUT2D eigenvalue weighted by Gasteiger charge is -2.15. The van der Waals surface area contributed by atoms with Gasteiger partial charge in [-0.05, 0) is 24.3 Å². The van der Waals surface area contributed by atoms with Crippen LogP contribution in [0.25, 0.3) is 0 Å². The number of halogens is 1. The SMILES string of the molecule is COc1cccc(OC)c1OCc1ccc(Br)cc1N. The van der Waals surface area contributed by atoms with Crippen LogP contribution in [-0.4, -0.2) is 14.2 Å². The van der Waals surface area contributed by atoms with Crippen molar-refractivity contribution in [3.63, 3.8) is 0 Å². The summed E-state index contributed by atoms with van der Waals surface area (Å²) in [5, 5.41) is 0. The number of nitrogen functional groups attached to an aromatic ring is 1. The van der Waals surface area contributed by atoms with E-state index in [0.717, 1.165) is 10.0 Å². The van der Waals surface area contributed by atoms with E-state index in [4.69, 9.17) is 19.9 Å². The van der Waals surface area contributed by atoms with Crippen molar-refractivity contribution in [3.05, 3.63) is 46.4 Å². The van der Waals surface area contributed by atoms with Crippen LogP contribution < -0.4 is 19.9 Å². The van der Waals surface area contributed by atoms with Crippen molar-refractivity contribution in [1.82, 2.24) is 0 Å². The summed E-state index contributed by atoms with van der Waals surface area (Å²) in [5.74, 6) is 1.82. The highest BCUT2D eigenvalue weighted by Crippen LogP contribution is 2.37. The minimum atomic E-state index is 0.343. The molecule has 0 spiro atoms. The van der Waals surface area contributed by atoms with Gasteiger partial charge in [0.25, 0.3) is 0 Å². The summed E-state index contributed by atoms with van der Waals surface area (Å²) >= 11 is 3.38. The molecule has 0 bridgehead atoms. The Morgan fingerprint density at radius 3 is 2.25 bits per heavy atom. The van der Waals surface area contributed by atoms with Crippen LogP contribution >= 0.6 is 15.9 Å². The predicted molar refractivity (Wildman–Crippen MR) is 82.4 cm³/mol. The van der Waals surface area contributed by atoms with Crippen molar-refractivity contribution in [1.29, 1.82) is 0 Å². The molecule has 0 amide bonds. The first kappa shape index (κ1) is 14.5. The van der Waals surface area contributed by atoms with Crippen molar-refractivity contribution >= 4 is 21.6 Å². The molecule has 2 aromatic carbocycles. The predicted octanol–water partition coefficient (Wildman–Crippen LogP) is 3.63. The van der Waals surface area contributed by atoms with Crippen LogP contribution in [0.3, 0.4) is 0 Å². The van der Waals surface area contributed by atoms with Crippen molar-refractivity contribution in [2.24, 2.45) is 0 Å². The molecule has 0 atom stereocenters. The Hall–Kier alpha value is -1.88. The van der Waals surface area contributed by atoms with Gasteiger partial charge in [-0.2, -0.15) is 0 Å². The summed E-state index contributed by atoms with van der Waals surface area (Å²) in [6, 6.07) is 11.2. The molecular formula is C15H16BrNO3. The fourth-order valence-electron chi connectivity index (χ4n) is 1.81. The smallest absolute Gasteiger partial charge is 0.203 e. The van der Waals surface area contributed by atoms with Crippen molar-refractivity contribution in [3.8, 4) is 17.2 Å². The molecule has 0 fully saturated rings. The monoisotopic (exact) mass is 337 g/mol. The van der Waals surface area contributed by atoms with E-state index in [1.165, 1.54) is 0 Å². The standard InChI is InChI=1S/C15H16BrNO3/c1-18-13-4-3-5-14(19-2)15(13)20-9-10-6-7-11(16)8-12(10)17/h3-8H,9,17H2,1-2H3. The average Bonchev–Trinajstić information content (AvgIpc) is 2.46. The van der Waals surface area contributed by atoms with Crippen molar-refractivity contribution in [2.45, 2.75) is 6.61 Å². The fraction of sp³-hybridized carbons (Fsp3) is 0.200. The summed E-state index contributed by atoms with van der Waals surface area (Å²) in [6.45, 7) is 0.343. The average molecular weight is 338 g/mol. The molecule has 20 heavy (non-hydrogen) atoms. The summed E-state index contributed by atoms with van der Waals surface area (Å²) in [5.41, 5.74) is 7.53. The van der Waals surface area contributed by atoms with Crippen LogP contribution in [0.2, 0.25) is 0 Å². The third kappa shape index (κ3) is 3.17. The van der Waals surface area contributed by atoms with Gasteiger partial charge in [0.2, 0.25) is 5.75 Å². The molecule has 2 N–H and O–H groups in total. The molecule has 0 heterocycles. The van der Waals surface area contributed by atoms with Crippen LogP contribution in [0.4, 0.5) is 5.69 Å². The molecule has 0 aliphatic carbocycles. The number of ether oxygens (including phenoxy) is 3. The van der Waals surface area contributed by atoms with Gasteiger partial charge >= 0.3 is 0 Å². The van der Waals surface area contributed by atoms with E-state index in [-0.39, 0.29) is 0 Å². The molecule has 0 radical (unpaired) electrons. The van der Waals surface area contributed by atoms with Gasteiger partial charge in [0, 0.05) is 15.7 Å². The van der Waals surface area contributed by atoms with Crippen LogP contribution in [-0.2, 0) is 6.61 Å². The van der Waals surface area contributed by atoms with Crippen LogP contribution in [0.15, 0.2) is 40.9 Å². The van der Waals surface area contributed by atoms with Gasteiger partial charge in [0.05, 0.1) is 14.2 Å². The highest BCUT2D eigenvalue weighted by molar-refractivity contribution is 9.10. The number of methoxy groups -OCH3 is 2. The van der Waals surface area contributed by atoms with E-state index in [1.807, 2.05) is 36.4 Å². The number of hydrogen-bond acceptors (Lipinski definition) is 4. The Morgan fingerprint density at radius 1 is 1.05 bits per heavy atom. The molecule has 0 aromatic heterocycles. The van der Waals surface area contributed by atoms with Crippen molar-refractivity contribution < 1.29 is 14.2 Å².